The third-order valence-electron chi connectivity index (χ3n) is 19.6. The summed E-state index contributed by atoms with van der Waals surface area (Å²) in [5.41, 5.74) is 19.3. The molecule has 8 aromatic rings. The molecule has 0 amide bonds. The fourth-order valence-electron chi connectivity index (χ4n) is 14.6. The number of hydrogen-bond donors (Lipinski definition) is 0. The van der Waals surface area contributed by atoms with Gasteiger partial charge in [0.1, 0.15) is 5.75 Å². The highest BCUT2D eigenvalue weighted by molar-refractivity contribution is 7.25. The van der Waals surface area contributed by atoms with Crippen LogP contribution in [-0.2, 0) is 20.4 Å². The standard InChI is InChI=1S/C83H102O3S3/c1-8-12-16-18-24-28-52-83(53-29-25-19-17-13-9-2)71-56-61(7)32-40-67(71)68-41-36-65(59-74(68)83)78-47-49-80(89-78)79-48-46-77(88-79)64-37-43-70-69-42-35-63(57-72(69)82(50-14-10-3,51-15-11-4)73(70)58-64)76-45-44-75(87-76)62-33-38-66(39-34-62)85-54-30-26-22-20-21-23-27-31-55-86-81(84)60(5)6/h32-49,56-59H,5,8-31,50-55H2,1-4,6-7H3. The zero-order chi connectivity index (χ0) is 62.0. The summed E-state index contributed by atoms with van der Waals surface area (Å²) in [7, 11) is 0. The quantitative estimate of drug-likeness (QED) is 0.0220. The number of fused-ring (bicyclic) bond motifs is 6. The number of hydrogen-bond acceptors (Lipinski definition) is 6. The summed E-state index contributed by atoms with van der Waals surface area (Å²) in [6.45, 7) is 18.3. The van der Waals surface area contributed by atoms with Crippen LogP contribution in [0.2, 0.25) is 0 Å². The maximum Gasteiger partial charge on any atom is 0.333 e. The van der Waals surface area contributed by atoms with Crippen LogP contribution in [0.15, 0.2) is 146 Å². The van der Waals surface area contributed by atoms with E-state index in [-0.39, 0.29) is 16.8 Å². The van der Waals surface area contributed by atoms with Gasteiger partial charge in [0.15, 0.2) is 0 Å². The van der Waals surface area contributed by atoms with Crippen molar-refractivity contribution in [3.63, 3.8) is 0 Å². The highest BCUT2D eigenvalue weighted by Gasteiger charge is 2.44. The molecule has 0 spiro atoms. The lowest BCUT2D eigenvalue weighted by molar-refractivity contribution is -0.139. The Morgan fingerprint density at radius 1 is 0.371 bits per heavy atom. The molecule has 6 heteroatoms. The molecule has 0 saturated carbocycles. The lowest BCUT2D eigenvalue weighted by Crippen LogP contribution is -2.25. The van der Waals surface area contributed by atoms with E-state index in [9.17, 15) is 4.79 Å². The van der Waals surface area contributed by atoms with Crippen LogP contribution in [0.4, 0.5) is 0 Å². The van der Waals surface area contributed by atoms with Gasteiger partial charge in [0, 0.05) is 45.7 Å². The van der Waals surface area contributed by atoms with E-state index >= 15 is 0 Å². The topological polar surface area (TPSA) is 35.5 Å². The fraction of sp³-hybridized carbons (Fsp3) is 0.458. The van der Waals surface area contributed by atoms with Crippen LogP contribution in [0.5, 0.6) is 5.75 Å². The molecule has 470 valence electrons. The van der Waals surface area contributed by atoms with Gasteiger partial charge in [-0.3, -0.25) is 0 Å². The Hall–Kier alpha value is -5.79. The Bertz CT molecular complexity index is 3540. The molecular formula is C83H102O3S3. The first-order chi connectivity index (χ1) is 43.6. The monoisotopic (exact) mass is 1240 g/mol. The smallest absolute Gasteiger partial charge is 0.333 e. The number of carbonyl (C=O) groups is 1. The lowest BCUT2D eigenvalue weighted by Gasteiger charge is -2.33. The summed E-state index contributed by atoms with van der Waals surface area (Å²) in [6.07, 6.45) is 34.8. The Labute approximate surface area is 548 Å². The largest absolute Gasteiger partial charge is 0.494 e. The predicted molar refractivity (Wildman–Crippen MR) is 388 cm³/mol. The number of aryl methyl sites for hydroxylation is 1. The minimum Gasteiger partial charge on any atom is -0.494 e. The van der Waals surface area contributed by atoms with Gasteiger partial charge >= 0.3 is 5.97 Å². The van der Waals surface area contributed by atoms with E-state index in [0.29, 0.717) is 12.2 Å². The molecule has 0 fully saturated rings. The SMILES string of the molecule is C=C(C)C(=O)OCCCCCCCCCCOc1ccc(-c2ccc(-c3ccc4c(c3)C(CCCC)(CCCC)c3cc(-c5ccc(-c6ccc(-c7ccc8c(c7)C(CCCCCCCC)(CCCCCCCC)c7cc(C)ccc7-8)s6)s5)ccc3-4)s2)cc1. The summed E-state index contributed by atoms with van der Waals surface area (Å²) in [5.74, 6) is 0.661. The van der Waals surface area contributed by atoms with Gasteiger partial charge in [-0.25, -0.2) is 4.79 Å². The van der Waals surface area contributed by atoms with Crippen molar-refractivity contribution in [3.05, 3.63) is 173 Å². The molecule has 89 heavy (non-hydrogen) atoms. The van der Waals surface area contributed by atoms with Gasteiger partial charge in [-0.05, 0) is 198 Å². The number of esters is 1. The van der Waals surface area contributed by atoms with Gasteiger partial charge in [0.25, 0.3) is 0 Å². The van der Waals surface area contributed by atoms with Crippen molar-refractivity contribution >= 4 is 40.0 Å². The molecule has 0 saturated heterocycles. The minimum atomic E-state index is -0.280. The molecule has 0 radical (unpaired) electrons. The highest BCUT2D eigenvalue weighted by Crippen LogP contribution is 2.58. The molecule has 0 bridgehead atoms. The number of rotatable bonds is 38. The average Bonchev–Trinajstić information content (AvgIpc) is 1.58. The number of thiophene rings is 3. The number of benzene rings is 5. The summed E-state index contributed by atoms with van der Waals surface area (Å²) in [6, 6.07) is 52.8. The maximum absolute atomic E-state index is 11.5. The van der Waals surface area contributed by atoms with Crippen molar-refractivity contribution in [2.75, 3.05) is 13.2 Å². The second kappa shape index (κ2) is 32.5. The summed E-state index contributed by atoms with van der Waals surface area (Å²) in [4.78, 5) is 19.6. The second-order valence-corrected chi connectivity index (χ2v) is 29.6. The lowest BCUT2D eigenvalue weighted by atomic mass is 9.70. The van der Waals surface area contributed by atoms with E-state index in [2.05, 4.69) is 175 Å². The van der Waals surface area contributed by atoms with Crippen molar-refractivity contribution in [1.29, 1.82) is 0 Å². The van der Waals surface area contributed by atoms with Crippen LogP contribution < -0.4 is 4.74 Å². The number of carbonyl (C=O) groups excluding carboxylic acids is 1. The highest BCUT2D eigenvalue weighted by atomic mass is 32.1. The molecule has 0 N–H and O–H groups in total. The van der Waals surface area contributed by atoms with Gasteiger partial charge in [-0.1, -0.05) is 236 Å². The Morgan fingerprint density at radius 3 is 1.15 bits per heavy atom. The van der Waals surface area contributed by atoms with Crippen LogP contribution in [0, 0.1) is 6.92 Å². The van der Waals surface area contributed by atoms with E-state index in [0.717, 1.165) is 31.6 Å². The van der Waals surface area contributed by atoms with Gasteiger partial charge in [-0.15, -0.1) is 34.0 Å². The minimum absolute atomic E-state index is 0.0245. The van der Waals surface area contributed by atoms with E-state index in [1.165, 1.54) is 251 Å². The molecule has 0 atom stereocenters. The van der Waals surface area contributed by atoms with Crippen LogP contribution in [0.1, 0.15) is 242 Å². The maximum atomic E-state index is 11.5. The Kier molecular flexibility index (Phi) is 24.1. The van der Waals surface area contributed by atoms with Crippen molar-refractivity contribution in [1.82, 2.24) is 0 Å². The van der Waals surface area contributed by atoms with Gasteiger partial charge in [0.05, 0.1) is 13.2 Å². The zero-order valence-corrected chi connectivity index (χ0v) is 57.5. The molecule has 3 nitrogen and oxygen atoms in total. The Morgan fingerprint density at radius 2 is 0.708 bits per heavy atom. The summed E-state index contributed by atoms with van der Waals surface area (Å²) in [5, 5.41) is 0. The molecule has 3 aromatic heterocycles. The third kappa shape index (κ3) is 15.9. The number of ether oxygens (including phenoxy) is 2. The van der Waals surface area contributed by atoms with Crippen LogP contribution in [0.3, 0.4) is 0 Å². The molecule has 0 aliphatic heterocycles. The molecule has 0 unspecified atom stereocenters. The molecule has 3 heterocycles. The van der Waals surface area contributed by atoms with Crippen molar-refractivity contribution in [2.45, 2.75) is 232 Å². The third-order valence-corrected chi connectivity index (χ3v) is 23.3. The summed E-state index contributed by atoms with van der Waals surface area (Å²) < 4.78 is 11.4. The van der Waals surface area contributed by atoms with E-state index in [4.69, 9.17) is 9.47 Å². The Balaban J connectivity index is 0.823. The van der Waals surface area contributed by atoms with Crippen LogP contribution in [0.25, 0.3) is 73.8 Å². The van der Waals surface area contributed by atoms with Gasteiger partial charge in [0.2, 0.25) is 0 Å². The predicted octanol–water partition coefficient (Wildman–Crippen LogP) is 26.5. The van der Waals surface area contributed by atoms with E-state index < -0.39 is 0 Å². The molecule has 2 aliphatic carbocycles. The first-order valence-electron chi connectivity index (χ1n) is 35.0. The van der Waals surface area contributed by atoms with E-state index in [1.807, 2.05) is 34.0 Å². The first kappa shape index (κ1) is 66.1. The van der Waals surface area contributed by atoms with Crippen molar-refractivity contribution < 1.29 is 14.3 Å². The van der Waals surface area contributed by atoms with Gasteiger partial charge < -0.3 is 9.47 Å². The second-order valence-electron chi connectivity index (χ2n) is 26.3. The molecular weight excluding hydrogens is 1140 g/mol. The van der Waals surface area contributed by atoms with Crippen LogP contribution in [-0.4, -0.2) is 19.2 Å². The first-order valence-corrected chi connectivity index (χ1v) is 37.5. The molecule has 5 aromatic carbocycles. The molecule has 10 rings (SSSR count). The molecule has 2 aliphatic rings. The van der Waals surface area contributed by atoms with Crippen molar-refractivity contribution in [3.8, 4) is 79.5 Å². The number of unbranched alkanes of at least 4 members (excludes halogenated alkanes) is 19. The fourth-order valence-corrected chi connectivity index (χ4v) is 17.7. The summed E-state index contributed by atoms with van der Waals surface area (Å²) >= 11 is 5.84. The zero-order valence-electron chi connectivity index (χ0n) is 55.1. The average molecular weight is 1240 g/mol. The normalized spacial score (nSPS) is 13.3. The van der Waals surface area contributed by atoms with Crippen molar-refractivity contribution in [2.24, 2.45) is 0 Å². The van der Waals surface area contributed by atoms with E-state index in [1.54, 1.807) is 18.1 Å². The van der Waals surface area contributed by atoms with Gasteiger partial charge in [-0.2, -0.15) is 0 Å². The van der Waals surface area contributed by atoms with Crippen LogP contribution >= 0.6 is 34.0 Å².